The fourth-order valence-corrected chi connectivity index (χ4v) is 1.18. The molecule has 0 aromatic carbocycles. The van der Waals surface area contributed by atoms with Gasteiger partial charge in [0, 0.05) is 20.1 Å². The first-order chi connectivity index (χ1) is 9.01. The predicted molar refractivity (Wildman–Crippen MR) is 58.5 cm³/mol. The SMILES string of the molecule is COCCNCc1nc(CCOCC(F)(F)F)no1. The third-order valence-electron chi connectivity index (χ3n) is 2.01. The van der Waals surface area contributed by atoms with Crippen LogP contribution in [0.2, 0.25) is 0 Å². The lowest BCUT2D eigenvalue weighted by molar-refractivity contribution is -0.173. The molecule has 1 aromatic heterocycles. The van der Waals surface area contributed by atoms with Gasteiger partial charge in [-0.2, -0.15) is 18.2 Å². The molecule has 0 amide bonds. The molecule has 19 heavy (non-hydrogen) atoms. The van der Waals surface area contributed by atoms with E-state index in [1.807, 2.05) is 0 Å². The summed E-state index contributed by atoms with van der Waals surface area (Å²) in [6.45, 7) is 0.223. The minimum atomic E-state index is -4.31. The van der Waals surface area contributed by atoms with Crippen LogP contribution in [0.5, 0.6) is 0 Å². The monoisotopic (exact) mass is 283 g/mol. The quantitative estimate of drug-likeness (QED) is 0.680. The van der Waals surface area contributed by atoms with Crippen LogP contribution < -0.4 is 5.32 Å². The molecule has 0 saturated heterocycles. The fraction of sp³-hybridized carbons (Fsp3) is 0.800. The molecule has 0 radical (unpaired) electrons. The number of aromatic nitrogens is 2. The fourth-order valence-electron chi connectivity index (χ4n) is 1.18. The van der Waals surface area contributed by atoms with Gasteiger partial charge < -0.3 is 19.3 Å². The van der Waals surface area contributed by atoms with Gasteiger partial charge in [-0.3, -0.25) is 0 Å². The first-order valence-electron chi connectivity index (χ1n) is 5.67. The molecule has 0 aliphatic rings. The molecule has 0 bridgehead atoms. The molecule has 1 N–H and O–H groups in total. The van der Waals surface area contributed by atoms with Crippen molar-refractivity contribution in [1.29, 1.82) is 0 Å². The number of hydrogen-bond acceptors (Lipinski definition) is 6. The number of hydrogen-bond donors (Lipinski definition) is 1. The molecule has 1 heterocycles. The van der Waals surface area contributed by atoms with Crippen molar-refractivity contribution in [2.45, 2.75) is 19.1 Å². The van der Waals surface area contributed by atoms with Crippen molar-refractivity contribution < 1.29 is 27.2 Å². The van der Waals surface area contributed by atoms with E-state index in [1.54, 1.807) is 7.11 Å². The Balaban J connectivity index is 2.16. The highest BCUT2D eigenvalue weighted by atomic mass is 19.4. The van der Waals surface area contributed by atoms with Crippen LogP contribution >= 0.6 is 0 Å². The van der Waals surface area contributed by atoms with Crippen LogP contribution in [0.3, 0.4) is 0 Å². The molecule has 0 aliphatic heterocycles. The molecule has 1 rings (SSSR count). The second-order valence-corrected chi connectivity index (χ2v) is 3.69. The Bertz CT molecular complexity index is 357. The van der Waals surface area contributed by atoms with E-state index in [-0.39, 0.29) is 13.0 Å². The standard InChI is InChI=1S/C10H16F3N3O3/c1-17-5-3-14-6-9-15-8(16-19-9)2-4-18-7-10(11,12)13/h14H,2-7H2,1H3. The minimum Gasteiger partial charge on any atom is -0.383 e. The molecule has 0 spiro atoms. The van der Waals surface area contributed by atoms with Crippen molar-refractivity contribution in [3.05, 3.63) is 11.7 Å². The van der Waals surface area contributed by atoms with Crippen molar-refractivity contribution in [3.8, 4) is 0 Å². The number of methoxy groups -OCH3 is 1. The van der Waals surface area contributed by atoms with E-state index < -0.39 is 12.8 Å². The average Bonchev–Trinajstić information content (AvgIpc) is 2.77. The van der Waals surface area contributed by atoms with Gasteiger partial charge in [0.05, 0.1) is 19.8 Å². The number of alkyl halides is 3. The zero-order chi connectivity index (χ0) is 14.1. The Morgan fingerprint density at radius 2 is 2.11 bits per heavy atom. The van der Waals surface area contributed by atoms with E-state index in [4.69, 9.17) is 9.26 Å². The maximum absolute atomic E-state index is 11.8. The van der Waals surface area contributed by atoms with E-state index >= 15 is 0 Å². The molecule has 6 nitrogen and oxygen atoms in total. The van der Waals surface area contributed by atoms with E-state index in [0.717, 1.165) is 0 Å². The Labute approximate surface area is 108 Å². The van der Waals surface area contributed by atoms with E-state index in [9.17, 15) is 13.2 Å². The summed E-state index contributed by atoms with van der Waals surface area (Å²) in [5.74, 6) is 0.702. The van der Waals surface area contributed by atoms with Gasteiger partial charge >= 0.3 is 6.18 Å². The van der Waals surface area contributed by atoms with Crippen molar-refractivity contribution in [1.82, 2.24) is 15.5 Å². The molecule has 0 unspecified atom stereocenters. The Hall–Kier alpha value is -1.19. The molecule has 9 heteroatoms. The van der Waals surface area contributed by atoms with Gasteiger partial charge in [-0.15, -0.1) is 0 Å². The summed E-state index contributed by atoms with van der Waals surface area (Å²) in [5, 5.41) is 6.63. The average molecular weight is 283 g/mol. The topological polar surface area (TPSA) is 69.4 Å². The van der Waals surface area contributed by atoms with Gasteiger partial charge in [0.2, 0.25) is 5.89 Å². The van der Waals surface area contributed by atoms with E-state index in [1.165, 1.54) is 0 Å². The van der Waals surface area contributed by atoms with Gasteiger partial charge in [0.15, 0.2) is 5.82 Å². The summed E-state index contributed by atoms with van der Waals surface area (Å²) in [5.41, 5.74) is 0. The van der Waals surface area contributed by atoms with Crippen LogP contribution in [0.1, 0.15) is 11.7 Å². The van der Waals surface area contributed by atoms with E-state index in [0.29, 0.717) is 31.4 Å². The minimum absolute atomic E-state index is 0.102. The smallest absolute Gasteiger partial charge is 0.383 e. The molecule has 0 saturated carbocycles. The zero-order valence-corrected chi connectivity index (χ0v) is 10.5. The van der Waals surface area contributed by atoms with Crippen LogP contribution in [0.15, 0.2) is 4.52 Å². The van der Waals surface area contributed by atoms with Gasteiger partial charge in [0.1, 0.15) is 6.61 Å². The molecule has 0 aliphatic carbocycles. The lowest BCUT2D eigenvalue weighted by atomic mass is 10.4. The highest BCUT2D eigenvalue weighted by molar-refractivity contribution is 4.86. The number of rotatable bonds is 9. The Kier molecular flexibility index (Phi) is 6.74. The summed E-state index contributed by atoms with van der Waals surface area (Å²) in [6.07, 6.45) is -4.13. The van der Waals surface area contributed by atoms with Crippen LogP contribution in [0.25, 0.3) is 0 Å². The lowest BCUT2D eigenvalue weighted by Gasteiger charge is -2.05. The van der Waals surface area contributed by atoms with Crippen LogP contribution in [0, 0.1) is 0 Å². The van der Waals surface area contributed by atoms with E-state index in [2.05, 4.69) is 20.2 Å². The summed E-state index contributed by atoms with van der Waals surface area (Å²) in [4.78, 5) is 4.00. The molecular formula is C10H16F3N3O3. The highest BCUT2D eigenvalue weighted by Crippen LogP contribution is 2.14. The Morgan fingerprint density at radius 1 is 1.32 bits per heavy atom. The van der Waals surface area contributed by atoms with Gasteiger partial charge in [-0.1, -0.05) is 5.16 Å². The Morgan fingerprint density at radius 3 is 2.79 bits per heavy atom. The maximum Gasteiger partial charge on any atom is 0.411 e. The normalized spacial score (nSPS) is 12.0. The molecule has 0 atom stereocenters. The van der Waals surface area contributed by atoms with Crippen molar-refractivity contribution >= 4 is 0 Å². The van der Waals surface area contributed by atoms with Gasteiger partial charge in [-0.05, 0) is 0 Å². The number of nitrogens with one attached hydrogen (secondary N) is 1. The first-order valence-corrected chi connectivity index (χ1v) is 5.67. The van der Waals surface area contributed by atoms with Crippen molar-refractivity contribution in [3.63, 3.8) is 0 Å². The number of nitrogens with zero attached hydrogens (tertiary/aromatic N) is 2. The van der Waals surface area contributed by atoms with Crippen molar-refractivity contribution in [2.75, 3.05) is 33.5 Å². The molecule has 110 valence electrons. The summed E-state index contributed by atoms with van der Waals surface area (Å²) < 4.78 is 49.6. The number of ether oxygens (including phenoxy) is 2. The third kappa shape index (κ3) is 7.75. The summed E-state index contributed by atoms with van der Waals surface area (Å²) in [6, 6.07) is 0. The van der Waals surface area contributed by atoms with Crippen LogP contribution in [0.4, 0.5) is 13.2 Å². The predicted octanol–water partition coefficient (Wildman–Crippen LogP) is 0.927. The highest BCUT2D eigenvalue weighted by Gasteiger charge is 2.27. The summed E-state index contributed by atoms with van der Waals surface area (Å²) in [7, 11) is 1.59. The molecule has 1 aromatic rings. The first kappa shape index (κ1) is 15.9. The maximum atomic E-state index is 11.8. The number of halogens is 3. The third-order valence-corrected chi connectivity index (χ3v) is 2.01. The van der Waals surface area contributed by atoms with Crippen molar-refractivity contribution in [2.24, 2.45) is 0 Å². The largest absolute Gasteiger partial charge is 0.411 e. The van der Waals surface area contributed by atoms with Gasteiger partial charge in [-0.25, -0.2) is 0 Å². The zero-order valence-electron chi connectivity index (χ0n) is 10.5. The second-order valence-electron chi connectivity index (χ2n) is 3.69. The van der Waals surface area contributed by atoms with Crippen LogP contribution in [-0.2, 0) is 22.4 Å². The lowest BCUT2D eigenvalue weighted by Crippen LogP contribution is -2.19. The van der Waals surface area contributed by atoms with Crippen LogP contribution in [-0.4, -0.2) is 49.8 Å². The second kappa shape index (κ2) is 8.08. The van der Waals surface area contributed by atoms with Gasteiger partial charge in [0.25, 0.3) is 0 Å². The molecule has 0 fully saturated rings. The molecular weight excluding hydrogens is 267 g/mol. The summed E-state index contributed by atoms with van der Waals surface area (Å²) >= 11 is 0.